The van der Waals surface area contributed by atoms with Crippen LogP contribution < -0.4 is 16.9 Å². The van der Waals surface area contributed by atoms with Gasteiger partial charge in [-0.3, -0.25) is 0 Å². The molecular weight excluding hydrogens is 392 g/mol. The number of carbonyl (C=O) groups is 1. The van der Waals surface area contributed by atoms with Crippen molar-refractivity contribution in [2.24, 2.45) is 11.3 Å². The van der Waals surface area contributed by atoms with Crippen LogP contribution in [0.5, 0.6) is 0 Å². The van der Waals surface area contributed by atoms with Gasteiger partial charge in [-0.2, -0.15) is 0 Å². The van der Waals surface area contributed by atoms with E-state index in [9.17, 15) is 4.79 Å². The zero-order valence-electron chi connectivity index (χ0n) is 18.2. The quantitative estimate of drug-likeness (QED) is 0.710. The van der Waals surface area contributed by atoms with Gasteiger partial charge < -0.3 is 5.32 Å². The maximum atomic E-state index is 12.8. The zero-order chi connectivity index (χ0) is 19.9. The molecule has 0 saturated heterocycles. The zero-order valence-corrected chi connectivity index (χ0v) is 20.6. The van der Waals surface area contributed by atoms with E-state index in [4.69, 9.17) is 0 Å². The number of rotatable bonds is 2. The van der Waals surface area contributed by atoms with Crippen molar-refractivity contribution in [3.63, 3.8) is 0 Å². The Bertz CT molecular complexity index is 792. The number of allylic oxidation sites excluding steroid dienone is 4. The number of aryl methyl sites for hydroxylation is 2. The van der Waals surface area contributed by atoms with Gasteiger partial charge in [0, 0.05) is 0 Å². The first-order chi connectivity index (χ1) is 12.0. The summed E-state index contributed by atoms with van der Waals surface area (Å²) >= 11 is -2.85. The van der Waals surface area contributed by atoms with Gasteiger partial charge in [-0.15, -0.1) is 12.4 Å². The summed E-state index contributed by atoms with van der Waals surface area (Å²) < 4.78 is 8.06. The van der Waals surface area contributed by atoms with Gasteiger partial charge in [-0.1, -0.05) is 0 Å². The number of hydrogen-bond acceptors (Lipinski definition) is 2. The van der Waals surface area contributed by atoms with E-state index in [1.54, 1.807) is 0 Å². The van der Waals surface area contributed by atoms with Crippen LogP contribution in [0.15, 0.2) is 33.7 Å². The number of fused-ring (bicyclic) bond motifs is 1. The Morgan fingerprint density at radius 1 is 1.11 bits per heavy atom. The van der Waals surface area contributed by atoms with Gasteiger partial charge in [-0.25, -0.2) is 0 Å². The van der Waals surface area contributed by atoms with Crippen LogP contribution in [0.4, 0.5) is 0 Å². The molecule has 0 saturated carbocycles. The molecule has 2 atom stereocenters. The standard InChI is InChI=1S/C8H8.C7H9.C5H11NO.C2H7N.ClH.Ti/c1-7-4-3-5-8(2)6-7;1-6-3-4-7(2)5-6;1-5(2,3)4(6)7;1-3-2;;/h4,6H,1-2H3;3-4,6H,1-2H3;1-3H3,(H2,6,7);3H,1-2H3;1H;/q;;;;;+1/p-1. The van der Waals surface area contributed by atoms with Crippen molar-refractivity contribution in [1.29, 1.82) is 0 Å². The minimum Gasteiger partial charge on any atom is -0.323 e. The molecule has 27 heavy (non-hydrogen) atoms. The van der Waals surface area contributed by atoms with Gasteiger partial charge in [-0.05, 0) is 14.1 Å². The molecule has 1 aliphatic carbocycles. The van der Waals surface area contributed by atoms with Gasteiger partial charge in [0.2, 0.25) is 0 Å². The SMILES string of the molecule is CC1=[C]([Ti]2([NH]C(=O)C(C)(C)C)[c]3cc(C)cc(C)[c]32)C(C)C=C1.CNC.Cl. The minimum absolute atomic E-state index is 0. The third-order valence-corrected chi connectivity index (χ3v) is 12.3. The summed E-state index contributed by atoms with van der Waals surface area (Å²) in [4.78, 5) is 12.8. The first-order valence-electron chi connectivity index (χ1n) is 9.43. The monoisotopic (exact) mass is 426 g/mol. The van der Waals surface area contributed by atoms with Crippen molar-refractivity contribution in [1.82, 2.24) is 9.12 Å². The van der Waals surface area contributed by atoms with Gasteiger partial charge >= 0.3 is 144 Å². The molecule has 0 bridgehead atoms. The Morgan fingerprint density at radius 2 is 1.67 bits per heavy atom. The molecule has 5 heteroatoms. The van der Waals surface area contributed by atoms with Crippen LogP contribution in [0.2, 0.25) is 0 Å². The Balaban J connectivity index is 0.000000855. The van der Waals surface area contributed by atoms with Gasteiger partial charge in [0.25, 0.3) is 0 Å². The molecule has 2 N–H and O–H groups in total. The molecule has 3 nitrogen and oxygen atoms in total. The van der Waals surface area contributed by atoms with E-state index in [0.717, 1.165) is 0 Å². The number of nitrogens with one attached hydrogen (secondary N) is 2. The van der Waals surface area contributed by atoms with E-state index in [0.29, 0.717) is 5.92 Å². The van der Waals surface area contributed by atoms with Crippen molar-refractivity contribution in [3.05, 3.63) is 44.9 Å². The van der Waals surface area contributed by atoms with E-state index >= 15 is 0 Å². The van der Waals surface area contributed by atoms with Crippen LogP contribution >= 0.6 is 12.4 Å². The van der Waals surface area contributed by atoms with Crippen molar-refractivity contribution >= 4 is 26.1 Å². The number of halogens is 1. The third kappa shape index (κ3) is 4.43. The van der Waals surface area contributed by atoms with Crippen LogP contribution in [-0.2, 0) is 21.6 Å². The molecule has 0 spiro atoms. The van der Waals surface area contributed by atoms with Gasteiger partial charge in [0.05, 0.1) is 0 Å². The third-order valence-electron chi connectivity index (χ3n) is 5.10. The van der Waals surface area contributed by atoms with Crippen molar-refractivity contribution in [2.45, 2.75) is 48.5 Å². The normalized spacial score (nSPS) is 22.5. The summed E-state index contributed by atoms with van der Waals surface area (Å²) in [6.07, 6.45) is 4.51. The van der Waals surface area contributed by atoms with Crippen LogP contribution in [-0.4, -0.2) is 20.0 Å². The van der Waals surface area contributed by atoms with Crippen molar-refractivity contribution in [2.75, 3.05) is 14.1 Å². The predicted molar refractivity (Wildman–Crippen MR) is 116 cm³/mol. The fourth-order valence-electron chi connectivity index (χ4n) is 3.98. The second-order valence-corrected chi connectivity index (χ2v) is 13.9. The Morgan fingerprint density at radius 3 is 2.11 bits per heavy atom. The predicted octanol–water partition coefficient (Wildman–Crippen LogP) is 3.54. The molecule has 3 rings (SSSR count). The molecule has 0 aromatic heterocycles. The number of amides is 1. The largest absolute Gasteiger partial charge is 0.323 e. The summed E-state index contributed by atoms with van der Waals surface area (Å²) in [5.41, 5.74) is 3.66. The smallest absolute Gasteiger partial charge is 0.0167 e. The maximum Gasteiger partial charge on any atom is -0.0167 e. The second kappa shape index (κ2) is 8.65. The second-order valence-electron chi connectivity index (χ2n) is 8.70. The minimum atomic E-state index is -2.85. The molecule has 150 valence electrons. The van der Waals surface area contributed by atoms with E-state index < -0.39 is 16.8 Å². The maximum absolute atomic E-state index is 12.8. The molecule has 1 heterocycles. The van der Waals surface area contributed by atoms with E-state index in [1.165, 1.54) is 28.3 Å². The summed E-state index contributed by atoms with van der Waals surface area (Å²) in [5, 5.41) is 2.75. The Hall–Kier alpha value is -0.866. The van der Waals surface area contributed by atoms with E-state index in [-0.39, 0.29) is 23.7 Å². The molecule has 1 aromatic carbocycles. The van der Waals surface area contributed by atoms with Gasteiger partial charge in [0.15, 0.2) is 0 Å². The number of carbonyl (C=O) groups excluding carboxylic acids is 1. The first kappa shape index (κ1) is 24.2. The van der Waals surface area contributed by atoms with Crippen LogP contribution in [0, 0.1) is 25.2 Å². The summed E-state index contributed by atoms with van der Waals surface area (Å²) in [6, 6.07) is 4.58. The molecular formula is C22H35ClN2OTi. The number of hydrogen-bond donors (Lipinski definition) is 2. The molecule has 1 amide bonds. The fourth-order valence-corrected chi connectivity index (χ4v) is 12.7. The Labute approximate surface area is 175 Å². The van der Waals surface area contributed by atoms with Gasteiger partial charge in [0.1, 0.15) is 0 Å². The molecule has 0 fully saturated rings. The number of benzene rings is 1. The van der Waals surface area contributed by atoms with Crippen LogP contribution in [0.1, 0.15) is 45.7 Å². The first-order valence-corrected chi connectivity index (χ1v) is 12.6. The fraction of sp³-hybridized carbons (Fsp3) is 0.500. The summed E-state index contributed by atoms with van der Waals surface area (Å²) in [6.45, 7) is 14.8. The van der Waals surface area contributed by atoms with Crippen molar-refractivity contribution < 1.29 is 21.6 Å². The molecule has 1 aliphatic heterocycles. The average molecular weight is 427 g/mol. The van der Waals surface area contributed by atoms with Crippen molar-refractivity contribution in [3.8, 4) is 0 Å². The average Bonchev–Trinajstić information content (AvgIpc) is 2.98. The molecule has 2 unspecified atom stereocenters. The summed E-state index contributed by atoms with van der Waals surface area (Å²) in [5.74, 6) is 0.618. The molecule has 1 aromatic rings. The molecule has 0 radical (unpaired) electrons. The van der Waals surface area contributed by atoms with E-state index in [2.05, 4.69) is 61.1 Å². The topological polar surface area (TPSA) is 41.1 Å². The summed E-state index contributed by atoms with van der Waals surface area (Å²) in [7, 11) is 3.75. The van der Waals surface area contributed by atoms with Crippen LogP contribution in [0.25, 0.3) is 0 Å². The van der Waals surface area contributed by atoms with E-state index in [1.807, 2.05) is 34.9 Å². The Kier molecular flexibility index (Phi) is 7.75. The van der Waals surface area contributed by atoms with Crippen LogP contribution in [0.3, 0.4) is 0 Å². The molecule has 2 aliphatic rings.